The molecular formula is C13H19B3O3. The number of hydrogen-bond acceptors (Lipinski definition) is 2. The summed E-state index contributed by atoms with van der Waals surface area (Å²) in [6.07, 6.45) is 2.57. The normalized spacial score (nSPS) is 8.95. The molecular weight excluding hydrogens is 237 g/mol. The molecule has 0 saturated heterocycles. The molecule has 1 rings (SSSR count). The van der Waals surface area contributed by atoms with Gasteiger partial charge in [0, 0.05) is 6.42 Å². The molecule has 0 aromatic heterocycles. The van der Waals surface area contributed by atoms with Crippen LogP contribution >= 0.6 is 0 Å². The Morgan fingerprint density at radius 3 is 2.37 bits per heavy atom. The van der Waals surface area contributed by atoms with Gasteiger partial charge in [-0.1, -0.05) is 24.5 Å². The van der Waals surface area contributed by atoms with Crippen LogP contribution in [0.1, 0.15) is 19.8 Å². The van der Waals surface area contributed by atoms with E-state index in [-0.39, 0.29) is 0 Å². The molecule has 6 heteroatoms. The minimum absolute atomic E-state index is 0.292. The van der Waals surface area contributed by atoms with Crippen LogP contribution in [0.4, 0.5) is 0 Å². The second-order valence-electron chi connectivity index (χ2n) is 3.88. The van der Waals surface area contributed by atoms with Crippen molar-refractivity contribution in [1.82, 2.24) is 0 Å². The molecule has 0 aliphatic heterocycles. The number of carboxylic acid groups (broad SMARTS) is 1. The van der Waals surface area contributed by atoms with Gasteiger partial charge in [-0.05, 0) is 18.6 Å². The molecule has 98 valence electrons. The first-order chi connectivity index (χ1) is 9.13. The Bertz CT molecular complexity index is 341. The van der Waals surface area contributed by atoms with Crippen molar-refractivity contribution in [3.8, 4) is 5.75 Å². The summed E-state index contributed by atoms with van der Waals surface area (Å²) in [5.41, 5.74) is 1.20. The zero-order valence-electron chi connectivity index (χ0n) is 11.6. The number of ether oxygens (including phenoxy) is 1. The Labute approximate surface area is 118 Å². The Balaban J connectivity index is 0.000000459. The molecule has 0 heterocycles. The second-order valence-corrected chi connectivity index (χ2v) is 3.88. The molecule has 0 amide bonds. The van der Waals surface area contributed by atoms with Gasteiger partial charge in [-0.15, -0.1) is 12.4 Å². The summed E-state index contributed by atoms with van der Waals surface area (Å²) >= 11 is 0. The summed E-state index contributed by atoms with van der Waals surface area (Å²) < 4.78 is 5.05. The van der Waals surface area contributed by atoms with Crippen molar-refractivity contribution in [2.75, 3.05) is 7.11 Å². The molecule has 0 bridgehead atoms. The number of hydrogen-bond donors (Lipinski definition) is 1. The van der Waals surface area contributed by atoms with Gasteiger partial charge in [0.05, 0.1) is 22.2 Å². The lowest BCUT2D eigenvalue weighted by Crippen LogP contribution is -2.15. The van der Waals surface area contributed by atoms with Gasteiger partial charge in [0.15, 0.2) is 0 Å². The van der Waals surface area contributed by atoms with Gasteiger partial charge in [-0.3, -0.25) is 4.79 Å². The van der Waals surface area contributed by atoms with Crippen molar-refractivity contribution >= 4 is 33.8 Å². The highest BCUT2D eigenvalue weighted by Gasteiger charge is 1.96. The third-order valence-electron chi connectivity index (χ3n) is 2.27. The average molecular weight is 256 g/mol. The molecule has 0 aliphatic rings. The molecule has 4 radical (unpaired) electrons. The van der Waals surface area contributed by atoms with Gasteiger partial charge < -0.3 is 9.84 Å². The van der Waals surface area contributed by atoms with E-state index in [1.165, 1.54) is 5.46 Å². The number of aliphatic carboxylic acids is 1. The van der Waals surface area contributed by atoms with E-state index < -0.39 is 5.97 Å². The Morgan fingerprint density at radius 2 is 2.00 bits per heavy atom. The van der Waals surface area contributed by atoms with Crippen molar-refractivity contribution in [2.45, 2.75) is 32.2 Å². The fraction of sp³-hybridized carbons (Fsp3) is 0.462. The molecule has 0 spiro atoms. The molecule has 1 N–H and O–H groups in total. The van der Waals surface area contributed by atoms with Gasteiger partial charge in [0.1, 0.15) is 13.0 Å². The lowest BCUT2D eigenvalue weighted by Gasteiger charge is -2.01. The van der Waals surface area contributed by atoms with Gasteiger partial charge in [0.25, 0.3) is 0 Å². The van der Waals surface area contributed by atoms with E-state index in [1.807, 2.05) is 38.5 Å². The van der Waals surface area contributed by atoms with Crippen LogP contribution in [0.2, 0.25) is 12.4 Å². The summed E-state index contributed by atoms with van der Waals surface area (Å²) in [4.78, 5) is 9.60. The second kappa shape index (κ2) is 11.8. The van der Waals surface area contributed by atoms with Gasteiger partial charge >= 0.3 is 5.97 Å². The Morgan fingerprint density at radius 1 is 1.37 bits per heavy atom. The van der Waals surface area contributed by atoms with Crippen LogP contribution in [0.5, 0.6) is 5.75 Å². The smallest absolute Gasteiger partial charge is 0.303 e. The van der Waals surface area contributed by atoms with Crippen LogP contribution in [-0.4, -0.2) is 40.6 Å². The summed E-state index contributed by atoms with van der Waals surface area (Å²) in [5, 5.41) is 7.91. The number of carboxylic acids is 1. The zero-order valence-corrected chi connectivity index (χ0v) is 11.6. The van der Waals surface area contributed by atoms with E-state index in [4.69, 9.17) is 17.7 Å². The lowest BCUT2D eigenvalue weighted by molar-refractivity contribution is -0.137. The van der Waals surface area contributed by atoms with Crippen molar-refractivity contribution < 1.29 is 14.6 Å². The topological polar surface area (TPSA) is 46.5 Å². The molecule has 0 atom stereocenters. The minimum atomic E-state index is -0.711. The highest BCUT2D eigenvalue weighted by molar-refractivity contribution is 6.67. The summed E-state index contributed by atoms with van der Waals surface area (Å²) in [6, 6.07) is 7.97. The highest BCUT2D eigenvalue weighted by atomic mass is 16.5. The molecule has 0 aliphatic carbocycles. The summed E-state index contributed by atoms with van der Waals surface area (Å²) in [6.45, 7) is 1.84. The van der Waals surface area contributed by atoms with E-state index >= 15 is 0 Å². The number of rotatable bonds is 7. The van der Waals surface area contributed by atoms with E-state index in [0.717, 1.165) is 18.4 Å². The SMILES string of the molecule is CCCC(=O)O.[B]C[B]C[B]c1ccc(OC)cc1. The van der Waals surface area contributed by atoms with Crippen LogP contribution < -0.4 is 10.2 Å². The van der Waals surface area contributed by atoms with Crippen molar-refractivity contribution in [3.63, 3.8) is 0 Å². The van der Waals surface area contributed by atoms with E-state index in [0.29, 0.717) is 12.6 Å². The first kappa shape index (κ1) is 17.7. The maximum absolute atomic E-state index is 9.60. The number of carbonyl (C=O) groups is 1. The third-order valence-corrected chi connectivity index (χ3v) is 2.27. The van der Waals surface area contributed by atoms with Crippen LogP contribution in [0.15, 0.2) is 24.3 Å². The Kier molecular flexibility index (Phi) is 10.9. The Hall–Kier alpha value is -1.32. The third kappa shape index (κ3) is 10.3. The highest BCUT2D eigenvalue weighted by Crippen LogP contribution is 2.05. The first-order valence-corrected chi connectivity index (χ1v) is 6.34. The predicted octanol–water partition coefficient (Wildman–Crippen LogP) is 1.52. The lowest BCUT2D eigenvalue weighted by atomic mass is 9.48. The number of methoxy groups -OCH3 is 1. The van der Waals surface area contributed by atoms with Crippen LogP contribution in [0.3, 0.4) is 0 Å². The molecule has 1 aromatic carbocycles. The van der Waals surface area contributed by atoms with Gasteiger partial charge in [-0.25, -0.2) is 0 Å². The largest absolute Gasteiger partial charge is 0.497 e. The fourth-order valence-electron chi connectivity index (χ4n) is 1.27. The fourth-order valence-corrected chi connectivity index (χ4v) is 1.27. The maximum atomic E-state index is 9.60. The van der Waals surface area contributed by atoms with Crippen molar-refractivity contribution in [2.24, 2.45) is 0 Å². The summed E-state index contributed by atoms with van der Waals surface area (Å²) in [7, 11) is 11.2. The van der Waals surface area contributed by atoms with E-state index in [1.54, 1.807) is 7.11 Å². The molecule has 19 heavy (non-hydrogen) atoms. The molecule has 1 aromatic rings. The summed E-state index contributed by atoms with van der Waals surface area (Å²) in [5.74, 6) is 0.178. The van der Waals surface area contributed by atoms with Crippen molar-refractivity contribution in [3.05, 3.63) is 24.3 Å². The molecule has 0 unspecified atom stereocenters. The van der Waals surface area contributed by atoms with Gasteiger partial charge in [-0.2, -0.15) is 0 Å². The maximum Gasteiger partial charge on any atom is 0.303 e. The van der Waals surface area contributed by atoms with Crippen LogP contribution in [0, 0.1) is 0 Å². The molecule has 0 fully saturated rings. The molecule has 0 saturated carbocycles. The average Bonchev–Trinajstić information content (AvgIpc) is 2.40. The van der Waals surface area contributed by atoms with Gasteiger partial charge in [0.2, 0.25) is 0 Å². The zero-order chi connectivity index (χ0) is 14.5. The number of benzene rings is 1. The van der Waals surface area contributed by atoms with E-state index in [2.05, 4.69) is 7.28 Å². The quantitative estimate of drug-likeness (QED) is 0.594. The predicted molar refractivity (Wildman–Crippen MR) is 82.0 cm³/mol. The van der Waals surface area contributed by atoms with Crippen molar-refractivity contribution in [1.29, 1.82) is 0 Å². The van der Waals surface area contributed by atoms with Crippen LogP contribution in [-0.2, 0) is 4.79 Å². The van der Waals surface area contributed by atoms with Crippen LogP contribution in [0.25, 0.3) is 0 Å². The molecule has 3 nitrogen and oxygen atoms in total. The standard InChI is InChI=1S/C9H11B3O.C4H8O2/c1-13-9-4-2-8(3-5-9)12-7-11-6-10;1-2-3-4(5)6/h2-5H,6-7H2,1H3;2-3H2,1H3,(H,5,6). The first-order valence-electron chi connectivity index (χ1n) is 6.34. The monoisotopic (exact) mass is 256 g/mol. The minimum Gasteiger partial charge on any atom is -0.497 e. The van der Waals surface area contributed by atoms with E-state index in [9.17, 15) is 4.79 Å².